The molecule has 2 aromatic rings. The van der Waals surface area contributed by atoms with Gasteiger partial charge in [-0.15, -0.1) is 11.3 Å². The Morgan fingerprint density at radius 1 is 1.14 bits per heavy atom. The molecule has 14 heavy (non-hydrogen) atoms. The van der Waals surface area contributed by atoms with Gasteiger partial charge in [-0.2, -0.15) is 0 Å². The van der Waals surface area contributed by atoms with Crippen molar-refractivity contribution in [3.63, 3.8) is 0 Å². The van der Waals surface area contributed by atoms with Gasteiger partial charge in [-0.3, -0.25) is 4.79 Å². The van der Waals surface area contributed by atoms with E-state index in [1.807, 2.05) is 41.8 Å². The Labute approximate surface area is 87.0 Å². The monoisotopic (exact) mass is 200 g/mol. The van der Waals surface area contributed by atoms with Crippen LogP contribution in [0.2, 0.25) is 0 Å². The Morgan fingerprint density at radius 2 is 1.86 bits per heavy atom. The Morgan fingerprint density at radius 3 is 2.43 bits per heavy atom. The van der Waals surface area contributed by atoms with Crippen molar-refractivity contribution in [2.75, 3.05) is 0 Å². The lowest BCUT2D eigenvalue weighted by Gasteiger charge is -1.94. The largest absolute Gasteiger partial charge is 0.293 e. The predicted molar refractivity (Wildman–Crippen MR) is 58.4 cm³/mol. The molecular formula is C12H8OS. The summed E-state index contributed by atoms with van der Waals surface area (Å²) >= 11 is 1.38. The standard InChI is InChI=1S/C12H8OS/c1-9(13)12-7-11(8-14-12)10-5-3-2-4-6-10/h1-8H. The third kappa shape index (κ3) is 1.75. The van der Waals surface area contributed by atoms with Crippen molar-refractivity contribution in [2.24, 2.45) is 0 Å². The molecule has 0 aliphatic rings. The summed E-state index contributed by atoms with van der Waals surface area (Å²) < 4.78 is 0. The number of Topliss-reactive ketones (excluding diaryl/α,β-unsaturated/α-hetero) is 1. The van der Waals surface area contributed by atoms with Crippen LogP contribution in [0.25, 0.3) is 11.1 Å². The number of carbonyl (C=O) groups is 1. The molecule has 1 aromatic carbocycles. The SMILES string of the molecule is [CH]C(=O)c1cc(-c2ccccc2)cs1. The van der Waals surface area contributed by atoms with E-state index in [1.165, 1.54) is 11.3 Å². The van der Waals surface area contributed by atoms with Crippen LogP contribution in [0.5, 0.6) is 0 Å². The van der Waals surface area contributed by atoms with Gasteiger partial charge in [-0.25, -0.2) is 0 Å². The number of ketones is 1. The first kappa shape index (κ1) is 9.16. The molecular weight excluding hydrogens is 192 g/mol. The Bertz CT molecular complexity index is 442. The van der Waals surface area contributed by atoms with E-state index >= 15 is 0 Å². The zero-order chi connectivity index (χ0) is 9.97. The molecule has 0 bridgehead atoms. The zero-order valence-corrected chi connectivity index (χ0v) is 8.25. The average Bonchev–Trinajstić information content (AvgIpc) is 2.68. The van der Waals surface area contributed by atoms with Crippen LogP contribution in [0, 0.1) is 6.92 Å². The van der Waals surface area contributed by atoms with Gasteiger partial charge in [0.1, 0.15) is 0 Å². The summed E-state index contributed by atoms with van der Waals surface area (Å²) in [5.41, 5.74) is 2.15. The molecule has 0 amide bonds. The smallest absolute Gasteiger partial charge is 0.177 e. The number of thiophene rings is 1. The summed E-state index contributed by atoms with van der Waals surface area (Å²) in [6.07, 6.45) is 0. The predicted octanol–water partition coefficient (Wildman–Crippen LogP) is 3.31. The van der Waals surface area contributed by atoms with Crippen LogP contribution in [0.3, 0.4) is 0 Å². The third-order valence-corrected chi connectivity index (χ3v) is 2.89. The van der Waals surface area contributed by atoms with Gasteiger partial charge < -0.3 is 0 Å². The summed E-state index contributed by atoms with van der Waals surface area (Å²) in [4.78, 5) is 11.5. The van der Waals surface area contributed by atoms with Gasteiger partial charge in [-0.05, 0) is 22.6 Å². The van der Waals surface area contributed by atoms with Gasteiger partial charge in [0.15, 0.2) is 5.78 Å². The van der Waals surface area contributed by atoms with E-state index in [0.717, 1.165) is 11.1 Å². The molecule has 0 aliphatic heterocycles. The summed E-state index contributed by atoms with van der Waals surface area (Å²) in [6, 6.07) is 11.7. The maximum absolute atomic E-state index is 10.9. The molecule has 68 valence electrons. The highest BCUT2D eigenvalue weighted by Gasteiger charge is 2.05. The molecule has 0 atom stereocenters. The molecule has 0 saturated carbocycles. The van der Waals surface area contributed by atoms with E-state index in [2.05, 4.69) is 0 Å². The topological polar surface area (TPSA) is 17.1 Å². The second-order valence-electron chi connectivity index (χ2n) is 2.93. The summed E-state index contributed by atoms with van der Waals surface area (Å²) in [6.45, 7) is 5.18. The first-order valence-corrected chi connectivity index (χ1v) is 5.09. The van der Waals surface area contributed by atoms with Gasteiger partial charge in [0.05, 0.1) is 4.88 Å². The molecule has 1 nitrogen and oxygen atoms in total. The van der Waals surface area contributed by atoms with Crippen LogP contribution in [0.15, 0.2) is 41.8 Å². The number of rotatable bonds is 2. The van der Waals surface area contributed by atoms with E-state index in [-0.39, 0.29) is 5.78 Å². The normalized spacial score (nSPS) is 10.1. The van der Waals surface area contributed by atoms with E-state index < -0.39 is 0 Å². The van der Waals surface area contributed by atoms with Crippen LogP contribution in [0.1, 0.15) is 9.67 Å². The minimum Gasteiger partial charge on any atom is -0.293 e. The fourth-order valence-electron chi connectivity index (χ4n) is 1.25. The molecule has 1 aromatic heterocycles. The van der Waals surface area contributed by atoms with Crippen molar-refractivity contribution < 1.29 is 4.79 Å². The van der Waals surface area contributed by atoms with E-state index in [0.29, 0.717) is 4.88 Å². The average molecular weight is 200 g/mol. The van der Waals surface area contributed by atoms with Crippen molar-refractivity contribution in [3.8, 4) is 11.1 Å². The molecule has 2 rings (SSSR count). The molecule has 0 saturated heterocycles. The number of benzene rings is 1. The molecule has 0 aliphatic carbocycles. The molecule has 0 N–H and O–H groups in total. The van der Waals surface area contributed by atoms with Gasteiger partial charge >= 0.3 is 0 Å². The summed E-state index contributed by atoms with van der Waals surface area (Å²) in [5, 5.41) is 1.94. The maximum atomic E-state index is 10.9. The van der Waals surface area contributed by atoms with E-state index in [1.54, 1.807) is 0 Å². The highest BCUT2D eigenvalue weighted by molar-refractivity contribution is 7.12. The second-order valence-corrected chi connectivity index (χ2v) is 3.84. The van der Waals surface area contributed by atoms with Gasteiger partial charge in [-0.1, -0.05) is 30.3 Å². The third-order valence-electron chi connectivity index (χ3n) is 1.95. The van der Waals surface area contributed by atoms with Crippen molar-refractivity contribution in [2.45, 2.75) is 0 Å². The van der Waals surface area contributed by atoms with E-state index in [9.17, 15) is 4.79 Å². The number of carbonyl (C=O) groups excluding carboxylic acids is 1. The van der Waals surface area contributed by atoms with Crippen molar-refractivity contribution >= 4 is 17.1 Å². The lowest BCUT2D eigenvalue weighted by atomic mass is 10.1. The highest BCUT2D eigenvalue weighted by Crippen LogP contribution is 2.25. The molecule has 1 heterocycles. The molecule has 2 radical (unpaired) electrons. The van der Waals surface area contributed by atoms with Crippen molar-refractivity contribution in [1.82, 2.24) is 0 Å². The Hall–Kier alpha value is -1.41. The van der Waals surface area contributed by atoms with Gasteiger partial charge in [0.2, 0.25) is 0 Å². The van der Waals surface area contributed by atoms with Gasteiger partial charge in [0, 0.05) is 6.92 Å². The Kier molecular flexibility index (Phi) is 2.46. The first-order chi connectivity index (χ1) is 6.77. The minimum atomic E-state index is -0.364. The van der Waals surface area contributed by atoms with Crippen molar-refractivity contribution in [3.05, 3.63) is 53.6 Å². The molecule has 0 unspecified atom stereocenters. The summed E-state index contributed by atoms with van der Waals surface area (Å²) in [5.74, 6) is -0.364. The Balaban J connectivity index is 2.39. The zero-order valence-electron chi connectivity index (χ0n) is 7.44. The van der Waals surface area contributed by atoms with Gasteiger partial charge in [0.25, 0.3) is 0 Å². The lowest BCUT2D eigenvalue weighted by molar-refractivity contribution is 0.104. The second kappa shape index (κ2) is 3.76. The molecule has 0 spiro atoms. The van der Waals surface area contributed by atoms with Crippen LogP contribution < -0.4 is 0 Å². The van der Waals surface area contributed by atoms with Crippen LogP contribution in [-0.2, 0) is 0 Å². The van der Waals surface area contributed by atoms with E-state index in [4.69, 9.17) is 6.92 Å². The fraction of sp³-hybridized carbons (Fsp3) is 0. The first-order valence-electron chi connectivity index (χ1n) is 4.21. The lowest BCUT2D eigenvalue weighted by Crippen LogP contribution is -1.84. The fourth-order valence-corrected chi connectivity index (χ4v) is 2.02. The van der Waals surface area contributed by atoms with Crippen LogP contribution >= 0.6 is 11.3 Å². The molecule has 0 fully saturated rings. The molecule has 2 heteroatoms. The minimum absolute atomic E-state index is 0.364. The van der Waals surface area contributed by atoms with Crippen molar-refractivity contribution in [1.29, 1.82) is 0 Å². The summed E-state index contributed by atoms with van der Waals surface area (Å²) in [7, 11) is 0. The quantitative estimate of drug-likeness (QED) is 0.680. The maximum Gasteiger partial charge on any atom is 0.177 e. The number of hydrogen-bond donors (Lipinski definition) is 0. The van der Waals surface area contributed by atoms with Crippen LogP contribution in [-0.4, -0.2) is 5.78 Å². The highest BCUT2D eigenvalue weighted by atomic mass is 32.1. The number of hydrogen-bond acceptors (Lipinski definition) is 2. The van der Waals surface area contributed by atoms with Crippen LogP contribution in [0.4, 0.5) is 0 Å².